The predicted octanol–water partition coefficient (Wildman–Crippen LogP) is 0.122. The molecule has 4 nitrogen and oxygen atoms in total. The van der Waals surface area contributed by atoms with Crippen LogP contribution >= 0.6 is 0 Å². The maximum absolute atomic E-state index is 8.31. The molecule has 4 N–H and O–H groups in total. The second-order valence-electron chi connectivity index (χ2n) is 2.99. The van der Waals surface area contributed by atoms with Crippen molar-refractivity contribution in [2.75, 3.05) is 13.1 Å². The first kappa shape index (κ1) is 8.33. The lowest BCUT2D eigenvalue weighted by Gasteiger charge is -2.21. The van der Waals surface area contributed by atoms with Crippen LogP contribution in [0.5, 0.6) is 0 Å². The Balaban J connectivity index is 2.24. The molecule has 0 amide bonds. The lowest BCUT2D eigenvalue weighted by Crippen LogP contribution is -2.30. The van der Waals surface area contributed by atoms with E-state index in [1.165, 1.54) is 0 Å². The van der Waals surface area contributed by atoms with Gasteiger partial charge in [0.2, 0.25) is 0 Å². The fourth-order valence-corrected chi connectivity index (χ4v) is 1.42. The Morgan fingerprint density at radius 1 is 1.55 bits per heavy atom. The monoisotopic (exact) mass is 157 g/mol. The Labute approximate surface area is 66.5 Å². The van der Waals surface area contributed by atoms with Crippen molar-refractivity contribution in [3.63, 3.8) is 0 Å². The van der Waals surface area contributed by atoms with E-state index in [0.717, 1.165) is 32.4 Å². The minimum absolute atomic E-state index is 0.358. The lowest BCUT2D eigenvalue weighted by atomic mass is 9.94. The summed E-state index contributed by atoms with van der Waals surface area (Å²) in [7, 11) is 0. The summed E-state index contributed by atoms with van der Waals surface area (Å²) in [5.74, 6) is 0.962. The minimum Gasteiger partial charge on any atom is -0.409 e. The van der Waals surface area contributed by atoms with E-state index in [1.54, 1.807) is 0 Å². The van der Waals surface area contributed by atoms with Crippen LogP contribution in [0.4, 0.5) is 0 Å². The van der Waals surface area contributed by atoms with E-state index in [9.17, 15) is 0 Å². The zero-order chi connectivity index (χ0) is 8.10. The summed E-state index contributed by atoms with van der Waals surface area (Å²) in [5.41, 5.74) is 5.38. The molecule has 1 aliphatic heterocycles. The average molecular weight is 157 g/mol. The molecule has 0 aromatic heterocycles. The number of piperidine rings is 1. The summed E-state index contributed by atoms with van der Waals surface area (Å²) in [5, 5.41) is 14.5. The van der Waals surface area contributed by atoms with Gasteiger partial charge in [0.1, 0.15) is 5.84 Å². The Morgan fingerprint density at radius 2 is 2.18 bits per heavy atom. The highest BCUT2D eigenvalue weighted by molar-refractivity contribution is 5.79. The predicted molar refractivity (Wildman–Crippen MR) is 43.6 cm³/mol. The zero-order valence-corrected chi connectivity index (χ0v) is 6.58. The fourth-order valence-electron chi connectivity index (χ4n) is 1.42. The molecule has 11 heavy (non-hydrogen) atoms. The molecule has 0 bridgehead atoms. The summed E-state index contributed by atoms with van der Waals surface area (Å²) < 4.78 is 0. The van der Waals surface area contributed by atoms with Crippen LogP contribution in [-0.2, 0) is 0 Å². The van der Waals surface area contributed by atoms with Crippen molar-refractivity contribution in [2.45, 2.75) is 19.3 Å². The Kier molecular flexibility index (Phi) is 3.16. The SMILES string of the molecule is NC(CC1CCNCC1)=NO. The van der Waals surface area contributed by atoms with Gasteiger partial charge in [-0.2, -0.15) is 0 Å². The van der Waals surface area contributed by atoms with E-state index in [-0.39, 0.29) is 0 Å². The van der Waals surface area contributed by atoms with Gasteiger partial charge in [0, 0.05) is 6.42 Å². The number of hydrogen-bond acceptors (Lipinski definition) is 3. The van der Waals surface area contributed by atoms with E-state index < -0.39 is 0 Å². The molecule has 1 heterocycles. The fraction of sp³-hybridized carbons (Fsp3) is 0.857. The van der Waals surface area contributed by atoms with Gasteiger partial charge in [-0.15, -0.1) is 0 Å². The van der Waals surface area contributed by atoms with Crippen molar-refractivity contribution in [3.05, 3.63) is 0 Å². The summed E-state index contributed by atoms with van der Waals surface area (Å²) in [4.78, 5) is 0. The number of oxime groups is 1. The third-order valence-corrected chi connectivity index (χ3v) is 2.08. The van der Waals surface area contributed by atoms with Gasteiger partial charge in [0.15, 0.2) is 0 Å². The Hall–Kier alpha value is -0.770. The zero-order valence-electron chi connectivity index (χ0n) is 6.58. The number of nitrogens with zero attached hydrogens (tertiary/aromatic N) is 1. The lowest BCUT2D eigenvalue weighted by molar-refractivity contribution is 0.311. The van der Waals surface area contributed by atoms with Crippen LogP contribution in [0.3, 0.4) is 0 Å². The molecule has 0 aromatic rings. The number of amidine groups is 1. The number of nitrogens with one attached hydrogen (secondary N) is 1. The van der Waals surface area contributed by atoms with Crippen molar-refractivity contribution in [1.82, 2.24) is 5.32 Å². The van der Waals surface area contributed by atoms with Crippen molar-refractivity contribution in [3.8, 4) is 0 Å². The van der Waals surface area contributed by atoms with Crippen LogP contribution in [0.25, 0.3) is 0 Å². The molecule has 1 aliphatic rings. The first-order chi connectivity index (χ1) is 5.33. The van der Waals surface area contributed by atoms with Gasteiger partial charge in [0.05, 0.1) is 0 Å². The van der Waals surface area contributed by atoms with Crippen molar-refractivity contribution in [2.24, 2.45) is 16.8 Å². The molecule has 4 heteroatoms. The van der Waals surface area contributed by atoms with Gasteiger partial charge in [-0.1, -0.05) is 5.16 Å². The molecule has 0 aromatic carbocycles. The second-order valence-corrected chi connectivity index (χ2v) is 2.99. The highest BCUT2D eigenvalue weighted by Gasteiger charge is 2.13. The number of rotatable bonds is 2. The Morgan fingerprint density at radius 3 is 2.73 bits per heavy atom. The molecule has 0 saturated carbocycles. The molecule has 1 fully saturated rings. The molecule has 0 aliphatic carbocycles. The quantitative estimate of drug-likeness (QED) is 0.231. The van der Waals surface area contributed by atoms with Gasteiger partial charge >= 0.3 is 0 Å². The molecule has 0 spiro atoms. The molecule has 0 atom stereocenters. The second kappa shape index (κ2) is 4.18. The minimum atomic E-state index is 0.358. The Bertz CT molecular complexity index is 141. The normalized spacial score (nSPS) is 22.0. The summed E-state index contributed by atoms with van der Waals surface area (Å²) in [6.07, 6.45) is 3.00. The third-order valence-electron chi connectivity index (χ3n) is 2.08. The van der Waals surface area contributed by atoms with E-state index in [0.29, 0.717) is 11.8 Å². The van der Waals surface area contributed by atoms with Gasteiger partial charge in [-0.3, -0.25) is 0 Å². The van der Waals surface area contributed by atoms with Crippen molar-refractivity contribution in [1.29, 1.82) is 0 Å². The van der Waals surface area contributed by atoms with Crippen LogP contribution in [0.2, 0.25) is 0 Å². The topological polar surface area (TPSA) is 70.6 Å². The largest absolute Gasteiger partial charge is 0.409 e. The van der Waals surface area contributed by atoms with Crippen LogP contribution in [0, 0.1) is 5.92 Å². The summed E-state index contributed by atoms with van der Waals surface area (Å²) in [6.45, 7) is 2.12. The molecule has 64 valence electrons. The molecule has 1 rings (SSSR count). The molecule has 0 radical (unpaired) electrons. The molecular formula is C7H15N3O. The molecule has 1 saturated heterocycles. The maximum atomic E-state index is 8.31. The van der Waals surface area contributed by atoms with Crippen molar-refractivity contribution >= 4 is 5.84 Å². The molecular weight excluding hydrogens is 142 g/mol. The first-order valence-corrected chi connectivity index (χ1v) is 4.00. The van der Waals surface area contributed by atoms with E-state index in [4.69, 9.17) is 10.9 Å². The van der Waals surface area contributed by atoms with Crippen LogP contribution < -0.4 is 11.1 Å². The summed E-state index contributed by atoms with van der Waals surface area (Å²) in [6, 6.07) is 0. The first-order valence-electron chi connectivity index (χ1n) is 4.00. The van der Waals surface area contributed by atoms with E-state index in [2.05, 4.69) is 10.5 Å². The smallest absolute Gasteiger partial charge is 0.139 e. The molecule has 0 unspecified atom stereocenters. The average Bonchev–Trinajstić information content (AvgIpc) is 2.06. The van der Waals surface area contributed by atoms with E-state index >= 15 is 0 Å². The van der Waals surface area contributed by atoms with Gasteiger partial charge in [0.25, 0.3) is 0 Å². The van der Waals surface area contributed by atoms with Crippen LogP contribution in [0.15, 0.2) is 5.16 Å². The van der Waals surface area contributed by atoms with Crippen molar-refractivity contribution < 1.29 is 5.21 Å². The maximum Gasteiger partial charge on any atom is 0.139 e. The number of hydrogen-bond donors (Lipinski definition) is 3. The van der Waals surface area contributed by atoms with Gasteiger partial charge in [-0.05, 0) is 31.8 Å². The van der Waals surface area contributed by atoms with Gasteiger partial charge < -0.3 is 16.3 Å². The summed E-state index contributed by atoms with van der Waals surface area (Å²) >= 11 is 0. The highest BCUT2D eigenvalue weighted by atomic mass is 16.4. The van der Waals surface area contributed by atoms with Crippen LogP contribution in [-0.4, -0.2) is 24.1 Å². The highest BCUT2D eigenvalue weighted by Crippen LogP contribution is 2.14. The number of nitrogens with two attached hydrogens (primary N) is 1. The van der Waals surface area contributed by atoms with Gasteiger partial charge in [-0.25, -0.2) is 0 Å². The standard InChI is InChI=1S/C7H15N3O/c8-7(10-11)5-6-1-3-9-4-2-6/h6,9,11H,1-5H2,(H2,8,10). The van der Waals surface area contributed by atoms with Crippen LogP contribution in [0.1, 0.15) is 19.3 Å². The third kappa shape index (κ3) is 2.76. The van der Waals surface area contributed by atoms with E-state index in [1.807, 2.05) is 0 Å².